The fourth-order valence-corrected chi connectivity index (χ4v) is 2.56. The molecule has 0 radical (unpaired) electrons. The predicted molar refractivity (Wildman–Crippen MR) is 90.2 cm³/mol. The highest BCUT2D eigenvalue weighted by atomic mass is 16.5. The van der Waals surface area contributed by atoms with Crippen molar-refractivity contribution >= 4 is 17.7 Å². The van der Waals surface area contributed by atoms with Crippen LogP contribution in [0.5, 0.6) is 5.88 Å². The van der Waals surface area contributed by atoms with Gasteiger partial charge in [0.15, 0.2) is 0 Å². The summed E-state index contributed by atoms with van der Waals surface area (Å²) in [6.45, 7) is 2.78. The fraction of sp³-hybridized carbons (Fsp3) is 0.375. The minimum atomic E-state index is -0.102. The molecule has 1 saturated heterocycles. The molecule has 2 aromatic heterocycles. The van der Waals surface area contributed by atoms with Crippen LogP contribution in [-0.2, 0) is 0 Å². The van der Waals surface area contributed by atoms with Crippen molar-refractivity contribution in [2.75, 3.05) is 43.5 Å². The zero-order valence-corrected chi connectivity index (χ0v) is 13.6. The first-order valence-electron chi connectivity index (χ1n) is 7.84. The highest BCUT2D eigenvalue weighted by Crippen LogP contribution is 2.15. The number of amides is 2. The molecule has 8 nitrogen and oxygen atoms in total. The van der Waals surface area contributed by atoms with Crippen LogP contribution < -0.4 is 15.0 Å². The summed E-state index contributed by atoms with van der Waals surface area (Å²) in [5.41, 5.74) is 0.743. The van der Waals surface area contributed by atoms with Crippen molar-refractivity contribution in [3.8, 4) is 5.88 Å². The highest BCUT2D eigenvalue weighted by Gasteiger charge is 2.20. The molecule has 24 heavy (non-hydrogen) atoms. The Morgan fingerprint density at radius 3 is 2.75 bits per heavy atom. The lowest BCUT2D eigenvalue weighted by atomic mass is 10.4. The first-order chi connectivity index (χ1) is 11.8. The van der Waals surface area contributed by atoms with Crippen LogP contribution in [0.2, 0.25) is 0 Å². The van der Waals surface area contributed by atoms with E-state index in [0.29, 0.717) is 31.5 Å². The molecule has 0 spiro atoms. The summed E-state index contributed by atoms with van der Waals surface area (Å²) in [6, 6.07) is 5.16. The standard InChI is InChI=1S/C16H20N6O2/c1-24-14-5-8-18-15(20-14)21-9-2-10-22(12-11-21)16(23)19-13-3-6-17-7-4-13/h3-8H,2,9-12H2,1H3,(H,17,19,23). The molecule has 126 valence electrons. The van der Waals surface area contributed by atoms with Crippen LogP contribution in [-0.4, -0.2) is 59.2 Å². The van der Waals surface area contributed by atoms with E-state index in [4.69, 9.17) is 4.74 Å². The van der Waals surface area contributed by atoms with Gasteiger partial charge in [-0.05, 0) is 18.6 Å². The number of carbonyl (C=O) groups is 1. The van der Waals surface area contributed by atoms with Crippen LogP contribution in [0.1, 0.15) is 6.42 Å². The molecule has 2 amide bonds. The third kappa shape index (κ3) is 3.89. The largest absolute Gasteiger partial charge is 0.481 e. The van der Waals surface area contributed by atoms with Crippen molar-refractivity contribution in [3.63, 3.8) is 0 Å². The Bertz CT molecular complexity index is 681. The van der Waals surface area contributed by atoms with E-state index in [1.165, 1.54) is 0 Å². The van der Waals surface area contributed by atoms with Crippen LogP contribution in [0.15, 0.2) is 36.8 Å². The Kier molecular flexibility index (Phi) is 5.05. The van der Waals surface area contributed by atoms with E-state index < -0.39 is 0 Å². The molecular weight excluding hydrogens is 308 g/mol. The van der Waals surface area contributed by atoms with Gasteiger partial charge in [-0.3, -0.25) is 4.98 Å². The summed E-state index contributed by atoms with van der Waals surface area (Å²) in [6.07, 6.45) is 5.84. The van der Waals surface area contributed by atoms with Crippen LogP contribution in [0.4, 0.5) is 16.4 Å². The third-order valence-electron chi connectivity index (χ3n) is 3.82. The van der Waals surface area contributed by atoms with E-state index in [2.05, 4.69) is 25.2 Å². The lowest BCUT2D eigenvalue weighted by Gasteiger charge is -2.22. The summed E-state index contributed by atoms with van der Waals surface area (Å²) in [5, 5.41) is 2.89. The van der Waals surface area contributed by atoms with E-state index in [0.717, 1.165) is 18.7 Å². The summed E-state index contributed by atoms with van der Waals surface area (Å²) in [7, 11) is 1.58. The van der Waals surface area contributed by atoms with Gasteiger partial charge in [-0.1, -0.05) is 0 Å². The molecule has 1 N–H and O–H groups in total. The van der Waals surface area contributed by atoms with Crippen LogP contribution in [0, 0.1) is 0 Å². The Labute approximate surface area is 140 Å². The minimum Gasteiger partial charge on any atom is -0.481 e. The maximum atomic E-state index is 12.4. The second-order valence-corrected chi connectivity index (χ2v) is 5.39. The molecule has 0 atom stereocenters. The number of ether oxygens (including phenoxy) is 1. The lowest BCUT2D eigenvalue weighted by molar-refractivity contribution is 0.215. The first-order valence-corrected chi connectivity index (χ1v) is 7.84. The first kappa shape index (κ1) is 16.0. The summed E-state index contributed by atoms with van der Waals surface area (Å²) < 4.78 is 5.15. The zero-order chi connectivity index (χ0) is 16.8. The quantitative estimate of drug-likeness (QED) is 0.922. The Hall–Kier alpha value is -2.90. The molecule has 0 aliphatic carbocycles. The SMILES string of the molecule is COc1ccnc(N2CCCN(C(=O)Nc3ccncc3)CC2)n1. The van der Waals surface area contributed by atoms with Crippen molar-refractivity contribution in [2.24, 2.45) is 0 Å². The summed E-state index contributed by atoms with van der Waals surface area (Å²) in [5.74, 6) is 1.17. The maximum Gasteiger partial charge on any atom is 0.321 e. The summed E-state index contributed by atoms with van der Waals surface area (Å²) >= 11 is 0. The average molecular weight is 328 g/mol. The van der Waals surface area contributed by atoms with Crippen molar-refractivity contribution in [1.29, 1.82) is 0 Å². The number of nitrogens with one attached hydrogen (secondary N) is 1. The van der Waals surface area contributed by atoms with Crippen molar-refractivity contribution in [1.82, 2.24) is 19.9 Å². The van der Waals surface area contributed by atoms with E-state index in [9.17, 15) is 4.79 Å². The molecule has 0 bridgehead atoms. The molecule has 0 saturated carbocycles. The number of rotatable bonds is 3. The van der Waals surface area contributed by atoms with Crippen molar-refractivity contribution < 1.29 is 9.53 Å². The second kappa shape index (κ2) is 7.58. The van der Waals surface area contributed by atoms with Gasteiger partial charge in [-0.15, -0.1) is 0 Å². The van der Waals surface area contributed by atoms with Crippen molar-refractivity contribution in [3.05, 3.63) is 36.8 Å². The van der Waals surface area contributed by atoms with Gasteiger partial charge in [0.2, 0.25) is 11.8 Å². The third-order valence-corrected chi connectivity index (χ3v) is 3.82. The Balaban J connectivity index is 1.61. The number of nitrogens with zero attached hydrogens (tertiary/aromatic N) is 5. The van der Waals surface area contributed by atoms with Gasteiger partial charge >= 0.3 is 6.03 Å². The molecule has 1 fully saturated rings. The molecule has 0 aromatic carbocycles. The molecule has 2 aromatic rings. The topological polar surface area (TPSA) is 83.5 Å². The van der Waals surface area contributed by atoms with E-state index >= 15 is 0 Å². The molecular formula is C16H20N6O2. The molecule has 3 rings (SSSR count). The van der Waals surface area contributed by atoms with Gasteiger partial charge in [-0.25, -0.2) is 9.78 Å². The number of aromatic nitrogens is 3. The van der Waals surface area contributed by atoms with Gasteiger partial charge in [0.05, 0.1) is 7.11 Å². The number of methoxy groups -OCH3 is 1. The Morgan fingerprint density at radius 2 is 1.96 bits per heavy atom. The van der Waals surface area contributed by atoms with Gasteiger partial charge in [0, 0.05) is 56.5 Å². The van der Waals surface area contributed by atoms with Crippen LogP contribution in [0.3, 0.4) is 0 Å². The normalized spacial score (nSPS) is 14.9. The van der Waals surface area contributed by atoms with Crippen molar-refractivity contribution in [2.45, 2.75) is 6.42 Å². The number of hydrogen-bond acceptors (Lipinski definition) is 6. The molecule has 8 heteroatoms. The van der Waals surface area contributed by atoms with Gasteiger partial charge in [0.1, 0.15) is 0 Å². The van der Waals surface area contributed by atoms with Crippen LogP contribution >= 0.6 is 0 Å². The van der Waals surface area contributed by atoms with Crippen LogP contribution in [0.25, 0.3) is 0 Å². The maximum absolute atomic E-state index is 12.4. The van der Waals surface area contributed by atoms with E-state index in [1.807, 2.05) is 0 Å². The summed E-state index contributed by atoms with van der Waals surface area (Å²) in [4.78, 5) is 28.9. The lowest BCUT2D eigenvalue weighted by Crippen LogP contribution is -2.38. The van der Waals surface area contributed by atoms with Gasteiger partial charge in [0.25, 0.3) is 0 Å². The highest BCUT2D eigenvalue weighted by molar-refractivity contribution is 5.89. The smallest absolute Gasteiger partial charge is 0.321 e. The number of carbonyl (C=O) groups excluding carboxylic acids is 1. The Morgan fingerprint density at radius 1 is 1.12 bits per heavy atom. The van der Waals surface area contributed by atoms with Gasteiger partial charge < -0.3 is 19.9 Å². The van der Waals surface area contributed by atoms with Gasteiger partial charge in [-0.2, -0.15) is 4.98 Å². The average Bonchev–Trinajstić information content (AvgIpc) is 2.89. The second-order valence-electron chi connectivity index (χ2n) is 5.39. The number of urea groups is 1. The molecule has 3 heterocycles. The van der Waals surface area contributed by atoms with E-state index in [-0.39, 0.29) is 6.03 Å². The molecule has 0 unspecified atom stereocenters. The predicted octanol–water partition coefficient (Wildman–Crippen LogP) is 1.62. The molecule has 1 aliphatic heterocycles. The fourth-order valence-electron chi connectivity index (χ4n) is 2.56. The number of anilines is 2. The number of hydrogen-bond donors (Lipinski definition) is 1. The molecule has 1 aliphatic rings. The zero-order valence-electron chi connectivity index (χ0n) is 13.6. The monoisotopic (exact) mass is 328 g/mol. The number of pyridine rings is 1. The minimum absolute atomic E-state index is 0.102. The van der Waals surface area contributed by atoms with E-state index in [1.54, 1.807) is 48.8 Å².